The first-order valence-electron chi connectivity index (χ1n) is 9.50. The highest BCUT2D eigenvalue weighted by Gasteiger charge is 2.36. The molecule has 2 aliphatic rings. The molecule has 1 saturated heterocycles. The van der Waals surface area contributed by atoms with E-state index in [4.69, 9.17) is 9.84 Å². The van der Waals surface area contributed by atoms with Gasteiger partial charge >= 0.3 is 0 Å². The van der Waals surface area contributed by atoms with Gasteiger partial charge in [0.25, 0.3) is 0 Å². The molecule has 1 N–H and O–H groups in total. The van der Waals surface area contributed by atoms with Gasteiger partial charge in [0.1, 0.15) is 0 Å². The highest BCUT2D eigenvalue weighted by Crippen LogP contribution is 2.42. The van der Waals surface area contributed by atoms with E-state index >= 15 is 0 Å². The molecule has 1 atom stereocenters. The van der Waals surface area contributed by atoms with E-state index in [1.54, 1.807) is 0 Å². The molecular formula is C21H29N3O. The van der Waals surface area contributed by atoms with Crippen LogP contribution in [-0.2, 0) is 11.2 Å². The number of nitrogens with zero attached hydrogens (tertiary/aromatic N) is 2. The van der Waals surface area contributed by atoms with Gasteiger partial charge in [0.05, 0.1) is 11.9 Å². The molecule has 134 valence electrons. The molecule has 1 aliphatic carbocycles. The molecule has 0 amide bonds. The van der Waals surface area contributed by atoms with Crippen molar-refractivity contribution in [2.24, 2.45) is 5.41 Å². The Labute approximate surface area is 150 Å². The Morgan fingerprint density at radius 3 is 2.72 bits per heavy atom. The lowest BCUT2D eigenvalue weighted by atomic mass is 9.74. The van der Waals surface area contributed by atoms with Crippen LogP contribution in [-0.4, -0.2) is 29.0 Å². The molecule has 2 heterocycles. The SMILES string of the molecule is Cc1ccccc1-n1ncc2c1CC(C)(C)CC2NC1CCOCC1. The van der Waals surface area contributed by atoms with E-state index < -0.39 is 0 Å². The lowest BCUT2D eigenvalue weighted by molar-refractivity contribution is 0.0717. The molecule has 4 heteroatoms. The van der Waals surface area contributed by atoms with Crippen LogP contribution in [0.2, 0.25) is 0 Å². The Hall–Kier alpha value is -1.65. The fourth-order valence-corrected chi connectivity index (χ4v) is 4.35. The van der Waals surface area contributed by atoms with Gasteiger partial charge in [-0.2, -0.15) is 5.10 Å². The van der Waals surface area contributed by atoms with Crippen LogP contribution in [0.1, 0.15) is 56.0 Å². The van der Waals surface area contributed by atoms with E-state index in [0.29, 0.717) is 12.1 Å². The average Bonchev–Trinajstić information content (AvgIpc) is 2.98. The van der Waals surface area contributed by atoms with Crippen molar-refractivity contribution in [1.82, 2.24) is 15.1 Å². The Kier molecular flexibility index (Phi) is 4.42. The van der Waals surface area contributed by atoms with Crippen molar-refractivity contribution in [3.63, 3.8) is 0 Å². The molecule has 4 nitrogen and oxygen atoms in total. The molecule has 1 aromatic heterocycles. The number of para-hydroxylation sites is 1. The first-order chi connectivity index (χ1) is 12.0. The number of rotatable bonds is 3. The largest absolute Gasteiger partial charge is 0.381 e. The van der Waals surface area contributed by atoms with Crippen LogP contribution in [0, 0.1) is 12.3 Å². The van der Waals surface area contributed by atoms with Crippen LogP contribution in [0.25, 0.3) is 5.69 Å². The van der Waals surface area contributed by atoms with E-state index in [1.807, 2.05) is 0 Å². The number of aromatic nitrogens is 2. The lowest BCUT2D eigenvalue weighted by Gasteiger charge is -2.38. The highest BCUT2D eigenvalue weighted by atomic mass is 16.5. The zero-order chi connectivity index (χ0) is 17.4. The second-order valence-corrected chi connectivity index (χ2v) is 8.40. The number of hydrogen-bond donors (Lipinski definition) is 1. The van der Waals surface area contributed by atoms with E-state index in [2.05, 4.69) is 61.2 Å². The minimum absolute atomic E-state index is 0.274. The second kappa shape index (κ2) is 6.58. The molecule has 4 rings (SSSR count). The van der Waals surface area contributed by atoms with Gasteiger partial charge in [-0.3, -0.25) is 0 Å². The molecule has 2 aromatic rings. The molecule has 0 spiro atoms. The fourth-order valence-electron chi connectivity index (χ4n) is 4.35. The van der Waals surface area contributed by atoms with E-state index in [1.165, 1.54) is 22.5 Å². The Bertz CT molecular complexity index is 743. The molecule has 1 aromatic carbocycles. The standard InChI is InChI=1S/C21H29N3O/c1-15-6-4-5-7-19(15)24-20-13-21(2,3)12-18(17(20)14-22-24)23-16-8-10-25-11-9-16/h4-7,14,16,18,23H,8-13H2,1-3H3. The first kappa shape index (κ1) is 16.8. The van der Waals surface area contributed by atoms with Gasteiger partial charge in [-0.1, -0.05) is 32.0 Å². The number of nitrogens with one attached hydrogen (secondary N) is 1. The van der Waals surface area contributed by atoms with Crippen molar-refractivity contribution in [3.05, 3.63) is 47.3 Å². The predicted octanol–water partition coefficient (Wildman–Crippen LogP) is 3.96. The van der Waals surface area contributed by atoms with Crippen molar-refractivity contribution in [2.45, 2.75) is 58.5 Å². The molecule has 1 unspecified atom stereocenters. The third-order valence-corrected chi connectivity index (χ3v) is 5.68. The summed E-state index contributed by atoms with van der Waals surface area (Å²) in [6.07, 6.45) is 6.55. The number of aryl methyl sites for hydroxylation is 1. The van der Waals surface area contributed by atoms with Crippen molar-refractivity contribution in [1.29, 1.82) is 0 Å². The van der Waals surface area contributed by atoms with Crippen molar-refractivity contribution in [3.8, 4) is 5.69 Å². The Balaban J connectivity index is 1.68. The summed E-state index contributed by atoms with van der Waals surface area (Å²) in [6, 6.07) is 9.47. The van der Waals surface area contributed by atoms with Crippen LogP contribution in [0.4, 0.5) is 0 Å². The average molecular weight is 339 g/mol. The number of ether oxygens (including phenoxy) is 1. The quantitative estimate of drug-likeness (QED) is 0.920. The summed E-state index contributed by atoms with van der Waals surface area (Å²) >= 11 is 0. The molecular weight excluding hydrogens is 310 g/mol. The summed E-state index contributed by atoms with van der Waals surface area (Å²) < 4.78 is 7.69. The maximum absolute atomic E-state index is 5.52. The Morgan fingerprint density at radius 1 is 1.20 bits per heavy atom. The summed E-state index contributed by atoms with van der Waals surface area (Å²) in [6.45, 7) is 8.68. The van der Waals surface area contributed by atoms with Crippen molar-refractivity contribution < 1.29 is 4.74 Å². The zero-order valence-electron chi connectivity index (χ0n) is 15.6. The number of benzene rings is 1. The smallest absolute Gasteiger partial charge is 0.0678 e. The van der Waals surface area contributed by atoms with Gasteiger partial charge in [-0.15, -0.1) is 0 Å². The van der Waals surface area contributed by atoms with E-state index in [-0.39, 0.29) is 5.41 Å². The second-order valence-electron chi connectivity index (χ2n) is 8.40. The normalized spacial score (nSPS) is 23.4. The maximum Gasteiger partial charge on any atom is 0.0678 e. The molecule has 1 fully saturated rings. The zero-order valence-corrected chi connectivity index (χ0v) is 15.6. The third kappa shape index (κ3) is 3.38. The summed E-state index contributed by atoms with van der Waals surface area (Å²) in [5.74, 6) is 0. The van der Waals surface area contributed by atoms with Crippen LogP contribution < -0.4 is 5.32 Å². The van der Waals surface area contributed by atoms with Crippen molar-refractivity contribution in [2.75, 3.05) is 13.2 Å². The Morgan fingerprint density at radius 2 is 1.96 bits per heavy atom. The van der Waals surface area contributed by atoms with Crippen LogP contribution >= 0.6 is 0 Å². The predicted molar refractivity (Wildman–Crippen MR) is 100 cm³/mol. The van der Waals surface area contributed by atoms with Gasteiger partial charge in [0, 0.05) is 36.6 Å². The topological polar surface area (TPSA) is 39.1 Å². The van der Waals surface area contributed by atoms with Gasteiger partial charge in [0.15, 0.2) is 0 Å². The number of hydrogen-bond acceptors (Lipinski definition) is 3. The highest BCUT2D eigenvalue weighted by molar-refractivity contribution is 5.43. The molecule has 0 radical (unpaired) electrons. The van der Waals surface area contributed by atoms with Gasteiger partial charge in [0.2, 0.25) is 0 Å². The molecule has 0 saturated carbocycles. The maximum atomic E-state index is 5.52. The minimum Gasteiger partial charge on any atom is -0.381 e. The lowest BCUT2D eigenvalue weighted by Crippen LogP contribution is -2.41. The summed E-state index contributed by atoms with van der Waals surface area (Å²) in [4.78, 5) is 0. The van der Waals surface area contributed by atoms with Gasteiger partial charge in [-0.25, -0.2) is 4.68 Å². The van der Waals surface area contributed by atoms with E-state index in [0.717, 1.165) is 38.9 Å². The third-order valence-electron chi connectivity index (χ3n) is 5.68. The fraction of sp³-hybridized carbons (Fsp3) is 0.571. The van der Waals surface area contributed by atoms with Crippen LogP contribution in [0.15, 0.2) is 30.5 Å². The van der Waals surface area contributed by atoms with Crippen LogP contribution in [0.5, 0.6) is 0 Å². The molecule has 1 aliphatic heterocycles. The van der Waals surface area contributed by atoms with Crippen LogP contribution in [0.3, 0.4) is 0 Å². The molecule has 25 heavy (non-hydrogen) atoms. The minimum atomic E-state index is 0.274. The monoisotopic (exact) mass is 339 g/mol. The van der Waals surface area contributed by atoms with Gasteiger partial charge < -0.3 is 10.1 Å². The number of fused-ring (bicyclic) bond motifs is 1. The summed E-state index contributed by atoms with van der Waals surface area (Å²) in [7, 11) is 0. The first-order valence-corrected chi connectivity index (χ1v) is 9.50. The van der Waals surface area contributed by atoms with Crippen molar-refractivity contribution >= 4 is 0 Å². The van der Waals surface area contributed by atoms with Gasteiger partial charge in [-0.05, 0) is 49.7 Å². The summed E-state index contributed by atoms with van der Waals surface area (Å²) in [5.41, 5.74) is 5.50. The van der Waals surface area contributed by atoms with E-state index in [9.17, 15) is 0 Å². The summed E-state index contributed by atoms with van der Waals surface area (Å²) in [5, 5.41) is 8.71. The molecule has 0 bridgehead atoms.